The number of halogens is 1. The van der Waals surface area contributed by atoms with Crippen LogP contribution in [-0.4, -0.2) is 45.1 Å². The predicted octanol–water partition coefficient (Wildman–Crippen LogP) is 5.99. The molecule has 4 aromatic rings. The Hall–Kier alpha value is -2.98. The maximum Gasteiger partial charge on any atom is 0.264 e. The van der Waals surface area contributed by atoms with Crippen LogP contribution in [0.2, 0.25) is 5.02 Å². The zero-order valence-electron chi connectivity index (χ0n) is 20.2. The number of nitrogens with zero attached hydrogens (tertiary/aromatic N) is 3. The van der Waals surface area contributed by atoms with Gasteiger partial charge in [-0.05, 0) is 68.3 Å². The van der Waals surface area contributed by atoms with Crippen molar-refractivity contribution in [1.82, 2.24) is 4.98 Å². The first-order valence-electron chi connectivity index (χ1n) is 12.0. The fourth-order valence-corrected chi connectivity index (χ4v) is 7.14. The Bertz CT molecular complexity index is 1500. The Balaban J connectivity index is 1.45. The fraction of sp³-hybridized carbons (Fsp3) is 0.259. The molecule has 10 heteroatoms. The molecule has 7 nitrogen and oxygen atoms in total. The van der Waals surface area contributed by atoms with Gasteiger partial charge in [-0.3, -0.25) is 14.0 Å². The highest BCUT2D eigenvalue weighted by molar-refractivity contribution is 7.92. The molecule has 192 valence electrons. The lowest BCUT2D eigenvalue weighted by Crippen LogP contribution is -2.37. The number of ether oxygens (including phenoxy) is 1. The minimum atomic E-state index is -3.80. The van der Waals surface area contributed by atoms with Crippen LogP contribution in [0.5, 0.6) is 0 Å². The number of anilines is 2. The van der Waals surface area contributed by atoms with Gasteiger partial charge >= 0.3 is 0 Å². The Kier molecular flexibility index (Phi) is 7.48. The van der Waals surface area contributed by atoms with Crippen molar-refractivity contribution >= 4 is 59.9 Å². The third kappa shape index (κ3) is 5.22. The van der Waals surface area contributed by atoms with Gasteiger partial charge < -0.3 is 4.74 Å². The van der Waals surface area contributed by atoms with Crippen molar-refractivity contribution in [2.75, 3.05) is 28.9 Å². The number of benzene rings is 3. The normalized spacial score (nSPS) is 15.7. The molecule has 37 heavy (non-hydrogen) atoms. The Morgan fingerprint density at radius 2 is 1.84 bits per heavy atom. The van der Waals surface area contributed by atoms with Crippen LogP contribution < -0.4 is 9.21 Å². The molecule has 0 aliphatic carbocycles. The highest BCUT2D eigenvalue weighted by Gasteiger charge is 2.28. The number of thiazole rings is 1. The van der Waals surface area contributed by atoms with Gasteiger partial charge in [0.25, 0.3) is 15.9 Å². The second-order valence-electron chi connectivity index (χ2n) is 8.66. The van der Waals surface area contributed by atoms with Gasteiger partial charge in [0.15, 0.2) is 5.13 Å². The number of sulfonamides is 1. The summed E-state index contributed by atoms with van der Waals surface area (Å²) in [5.41, 5.74) is 1.60. The molecular formula is C27H26ClN3O4S2. The molecule has 0 saturated carbocycles. The fourth-order valence-electron chi connectivity index (χ4n) is 4.40. The Labute approximate surface area is 225 Å². The Morgan fingerprint density at radius 1 is 1.08 bits per heavy atom. The largest absolute Gasteiger partial charge is 0.376 e. The van der Waals surface area contributed by atoms with Crippen LogP contribution >= 0.6 is 22.9 Å². The van der Waals surface area contributed by atoms with Gasteiger partial charge in [-0.25, -0.2) is 13.4 Å². The molecule has 1 saturated heterocycles. The summed E-state index contributed by atoms with van der Waals surface area (Å²) in [7, 11) is -3.80. The second-order valence-corrected chi connectivity index (χ2v) is 11.9. The van der Waals surface area contributed by atoms with Gasteiger partial charge in [-0.2, -0.15) is 0 Å². The van der Waals surface area contributed by atoms with Crippen LogP contribution in [0.4, 0.5) is 10.8 Å². The molecule has 1 aromatic heterocycles. The molecule has 1 amide bonds. The number of carbonyl (C=O) groups is 1. The number of para-hydroxylation sites is 2. The molecule has 2 heterocycles. The number of fused-ring (bicyclic) bond motifs is 1. The molecular weight excluding hydrogens is 530 g/mol. The number of aromatic nitrogens is 1. The van der Waals surface area contributed by atoms with Gasteiger partial charge in [-0.15, -0.1) is 0 Å². The molecule has 1 atom stereocenters. The van der Waals surface area contributed by atoms with Crippen molar-refractivity contribution in [2.24, 2.45) is 0 Å². The van der Waals surface area contributed by atoms with E-state index in [9.17, 15) is 13.2 Å². The van der Waals surface area contributed by atoms with Gasteiger partial charge in [0.05, 0.1) is 33.0 Å². The summed E-state index contributed by atoms with van der Waals surface area (Å²) >= 11 is 7.73. The molecule has 1 aliphatic rings. The van der Waals surface area contributed by atoms with Crippen LogP contribution in [0, 0.1) is 0 Å². The molecule has 0 spiro atoms. The number of carbonyl (C=O) groups excluding carboxylic acids is 1. The summed E-state index contributed by atoms with van der Waals surface area (Å²) in [5, 5.41) is 1.06. The zero-order chi connectivity index (χ0) is 26.0. The maximum absolute atomic E-state index is 13.7. The lowest BCUT2D eigenvalue weighted by molar-refractivity contribution is 0.0917. The van der Waals surface area contributed by atoms with Crippen molar-refractivity contribution in [3.05, 3.63) is 83.4 Å². The molecule has 3 aromatic carbocycles. The lowest BCUT2D eigenvalue weighted by atomic mass is 10.2. The van der Waals surface area contributed by atoms with E-state index in [1.807, 2.05) is 18.2 Å². The molecule has 0 radical (unpaired) electrons. The van der Waals surface area contributed by atoms with Crippen molar-refractivity contribution < 1.29 is 17.9 Å². The standard InChI is InChI=1S/C27H26ClN3O4S2/c1-2-31(20-8-4-3-5-9-20)37(33,34)22-15-13-19(14-16-22)26(32)30(18-21-10-7-17-35-21)27-29-25-23(28)11-6-12-24(25)36-27/h3-6,8-9,11-16,21H,2,7,10,17-18H2,1H3. The Morgan fingerprint density at radius 3 is 2.49 bits per heavy atom. The van der Waals surface area contributed by atoms with Crippen molar-refractivity contribution in [3.63, 3.8) is 0 Å². The molecule has 1 unspecified atom stereocenters. The molecule has 1 fully saturated rings. The molecule has 1 aliphatic heterocycles. The third-order valence-corrected chi connectivity index (χ3v) is 9.53. The summed E-state index contributed by atoms with van der Waals surface area (Å²) in [6.07, 6.45) is 1.72. The summed E-state index contributed by atoms with van der Waals surface area (Å²) in [5.74, 6) is -0.273. The highest BCUT2D eigenvalue weighted by atomic mass is 35.5. The summed E-state index contributed by atoms with van der Waals surface area (Å²) in [6.45, 7) is 3.09. The van der Waals surface area contributed by atoms with E-state index in [0.717, 1.165) is 17.5 Å². The van der Waals surface area contributed by atoms with Gasteiger partial charge in [-0.1, -0.05) is 47.2 Å². The van der Waals surface area contributed by atoms with Crippen molar-refractivity contribution in [3.8, 4) is 0 Å². The lowest BCUT2D eigenvalue weighted by Gasteiger charge is -2.24. The maximum atomic E-state index is 13.7. The molecule has 0 bridgehead atoms. The van der Waals surface area contributed by atoms with Crippen LogP contribution in [0.25, 0.3) is 10.2 Å². The van der Waals surface area contributed by atoms with E-state index >= 15 is 0 Å². The third-order valence-electron chi connectivity index (χ3n) is 6.27. The predicted molar refractivity (Wildman–Crippen MR) is 148 cm³/mol. The smallest absolute Gasteiger partial charge is 0.264 e. The van der Waals surface area contributed by atoms with E-state index < -0.39 is 10.0 Å². The quantitative estimate of drug-likeness (QED) is 0.267. The van der Waals surface area contributed by atoms with Crippen molar-refractivity contribution in [2.45, 2.75) is 30.8 Å². The summed E-state index contributed by atoms with van der Waals surface area (Å²) in [6, 6.07) is 20.6. The van der Waals surface area contributed by atoms with E-state index in [2.05, 4.69) is 4.98 Å². The van der Waals surface area contributed by atoms with Gasteiger partial charge in [0.1, 0.15) is 5.52 Å². The monoisotopic (exact) mass is 555 g/mol. The first-order chi connectivity index (χ1) is 17.9. The van der Waals surface area contributed by atoms with E-state index in [4.69, 9.17) is 16.3 Å². The number of hydrogen-bond donors (Lipinski definition) is 0. The van der Waals surface area contributed by atoms with E-state index in [-0.39, 0.29) is 23.5 Å². The number of rotatable bonds is 8. The first kappa shape index (κ1) is 25.7. The van der Waals surface area contributed by atoms with Gasteiger partial charge in [0.2, 0.25) is 0 Å². The van der Waals surface area contributed by atoms with Crippen LogP contribution in [0.3, 0.4) is 0 Å². The average molecular weight is 556 g/mol. The SMILES string of the molecule is CCN(c1ccccc1)S(=O)(=O)c1ccc(C(=O)N(CC2CCCO2)c2nc3c(Cl)cccc3s2)cc1. The van der Waals surface area contributed by atoms with Gasteiger partial charge in [0, 0.05) is 18.7 Å². The van der Waals surface area contributed by atoms with Crippen LogP contribution in [0.1, 0.15) is 30.1 Å². The van der Waals surface area contributed by atoms with E-state index in [1.165, 1.54) is 27.8 Å². The minimum absolute atomic E-state index is 0.0879. The van der Waals surface area contributed by atoms with Crippen molar-refractivity contribution in [1.29, 1.82) is 0 Å². The topological polar surface area (TPSA) is 79.8 Å². The minimum Gasteiger partial charge on any atom is -0.376 e. The molecule has 0 N–H and O–H groups in total. The first-order valence-corrected chi connectivity index (χ1v) is 14.7. The molecule has 5 rings (SSSR count). The highest BCUT2D eigenvalue weighted by Crippen LogP contribution is 2.34. The zero-order valence-corrected chi connectivity index (χ0v) is 22.6. The number of hydrogen-bond acceptors (Lipinski definition) is 6. The average Bonchev–Trinajstić information content (AvgIpc) is 3.58. The number of amides is 1. The van der Waals surface area contributed by atoms with Crippen LogP contribution in [-0.2, 0) is 14.8 Å². The van der Waals surface area contributed by atoms with E-state index in [0.29, 0.717) is 40.1 Å². The summed E-state index contributed by atoms with van der Waals surface area (Å²) < 4.78 is 34.7. The van der Waals surface area contributed by atoms with E-state index in [1.54, 1.807) is 54.3 Å². The second kappa shape index (κ2) is 10.8. The van der Waals surface area contributed by atoms with Crippen LogP contribution in [0.15, 0.2) is 77.7 Å². The summed E-state index contributed by atoms with van der Waals surface area (Å²) in [4.78, 5) is 20.1.